The molecule has 1 aromatic heterocycles. The predicted octanol–water partition coefficient (Wildman–Crippen LogP) is 0.452. The lowest BCUT2D eigenvalue weighted by molar-refractivity contribution is -0.133. The first-order chi connectivity index (χ1) is 8.89. The molecule has 108 valence electrons. The summed E-state index contributed by atoms with van der Waals surface area (Å²) in [4.78, 5) is 10.5. The molecule has 0 unspecified atom stereocenters. The Morgan fingerprint density at radius 2 is 2.05 bits per heavy atom. The van der Waals surface area contributed by atoms with Crippen molar-refractivity contribution in [1.82, 2.24) is 14.8 Å². The fourth-order valence-corrected chi connectivity index (χ4v) is 2.87. The maximum atomic E-state index is 11.5. The zero-order valence-corrected chi connectivity index (χ0v) is 12.5. The molecule has 0 aromatic carbocycles. The molecule has 1 rings (SSSR count). The number of hydrogen-bond acceptors (Lipinski definition) is 6. The average molecular weight is 307 g/mol. The van der Waals surface area contributed by atoms with Gasteiger partial charge in [0.05, 0.1) is 11.5 Å². The van der Waals surface area contributed by atoms with Crippen LogP contribution in [0.4, 0.5) is 0 Å². The van der Waals surface area contributed by atoms with Crippen molar-refractivity contribution in [1.29, 1.82) is 0 Å². The van der Waals surface area contributed by atoms with Crippen molar-refractivity contribution in [2.24, 2.45) is 0 Å². The summed E-state index contributed by atoms with van der Waals surface area (Å²) in [5, 5.41) is 16.9. The molecule has 0 bridgehead atoms. The van der Waals surface area contributed by atoms with E-state index in [1.54, 1.807) is 11.5 Å². The number of aryl methyl sites for hydroxylation is 1. The molecule has 1 N–H and O–H groups in total. The van der Waals surface area contributed by atoms with Crippen molar-refractivity contribution in [3.05, 3.63) is 5.82 Å². The van der Waals surface area contributed by atoms with Gasteiger partial charge in [-0.1, -0.05) is 25.6 Å². The second-order valence-corrected chi connectivity index (χ2v) is 7.24. The third-order valence-electron chi connectivity index (χ3n) is 2.50. The average Bonchev–Trinajstić information content (AvgIpc) is 2.76. The molecule has 7 nitrogen and oxygen atoms in total. The molecule has 0 amide bonds. The van der Waals surface area contributed by atoms with Gasteiger partial charge >= 0.3 is 5.97 Å². The summed E-state index contributed by atoms with van der Waals surface area (Å²) in [6, 6.07) is 0. The van der Waals surface area contributed by atoms with Crippen molar-refractivity contribution in [3.8, 4) is 0 Å². The Kier molecular flexibility index (Phi) is 5.80. The maximum Gasteiger partial charge on any atom is 0.313 e. The molecule has 0 fully saturated rings. The van der Waals surface area contributed by atoms with Gasteiger partial charge in [-0.3, -0.25) is 4.79 Å². The first kappa shape index (κ1) is 16.0. The molecular weight excluding hydrogens is 290 g/mol. The van der Waals surface area contributed by atoms with Crippen LogP contribution in [-0.4, -0.2) is 51.5 Å². The maximum absolute atomic E-state index is 11.5. The molecule has 0 saturated heterocycles. The third-order valence-corrected chi connectivity index (χ3v) is 5.14. The Balaban J connectivity index is 2.84. The van der Waals surface area contributed by atoms with Crippen molar-refractivity contribution < 1.29 is 18.3 Å². The van der Waals surface area contributed by atoms with Gasteiger partial charge in [0, 0.05) is 18.7 Å². The standard InChI is InChI=1S/C10H17N3O4S2/c1-3-8-11-12-10(18-7-9(14)15)13(8)5-6-19(16,17)4-2/h3-7H2,1-2H3,(H,14,15). The highest BCUT2D eigenvalue weighted by atomic mass is 32.2. The van der Waals surface area contributed by atoms with Crippen molar-refractivity contribution >= 4 is 27.6 Å². The number of sulfone groups is 1. The fourth-order valence-electron chi connectivity index (χ4n) is 1.41. The molecule has 19 heavy (non-hydrogen) atoms. The highest BCUT2D eigenvalue weighted by molar-refractivity contribution is 7.99. The van der Waals surface area contributed by atoms with Gasteiger partial charge in [-0.25, -0.2) is 8.42 Å². The van der Waals surface area contributed by atoms with E-state index in [1.165, 1.54) is 0 Å². The van der Waals surface area contributed by atoms with Crippen molar-refractivity contribution in [2.45, 2.75) is 32.0 Å². The number of rotatable bonds is 8. The van der Waals surface area contributed by atoms with Crippen LogP contribution in [0.3, 0.4) is 0 Å². The lowest BCUT2D eigenvalue weighted by Crippen LogP contribution is -2.17. The molecular formula is C10H17N3O4S2. The molecule has 1 aromatic rings. The zero-order chi connectivity index (χ0) is 14.5. The molecule has 1 heterocycles. The van der Waals surface area contributed by atoms with Crippen molar-refractivity contribution in [3.63, 3.8) is 0 Å². The molecule has 0 saturated carbocycles. The molecule has 0 spiro atoms. The number of hydrogen-bond donors (Lipinski definition) is 1. The van der Waals surface area contributed by atoms with E-state index in [0.29, 0.717) is 17.4 Å². The van der Waals surface area contributed by atoms with Gasteiger partial charge in [0.25, 0.3) is 0 Å². The minimum atomic E-state index is -3.07. The Morgan fingerprint density at radius 3 is 2.58 bits per heavy atom. The van der Waals surface area contributed by atoms with Crippen LogP contribution in [0, 0.1) is 0 Å². The van der Waals surface area contributed by atoms with Gasteiger partial charge in [0.15, 0.2) is 15.0 Å². The van der Waals surface area contributed by atoms with E-state index in [4.69, 9.17) is 5.11 Å². The Bertz CT molecular complexity index is 539. The van der Waals surface area contributed by atoms with E-state index >= 15 is 0 Å². The van der Waals surface area contributed by atoms with Crippen LogP contribution in [0.2, 0.25) is 0 Å². The van der Waals surface area contributed by atoms with Crippen LogP contribution in [0.15, 0.2) is 5.16 Å². The van der Waals surface area contributed by atoms with Crippen LogP contribution in [-0.2, 0) is 27.6 Å². The Hall–Kier alpha value is -1.09. The SMILES string of the molecule is CCc1nnc(SCC(=O)O)n1CCS(=O)(=O)CC. The highest BCUT2D eigenvalue weighted by Crippen LogP contribution is 2.17. The second-order valence-electron chi connectivity index (χ2n) is 3.82. The molecule has 9 heteroatoms. The summed E-state index contributed by atoms with van der Waals surface area (Å²) in [5.74, 6) is -0.302. The smallest absolute Gasteiger partial charge is 0.313 e. The largest absolute Gasteiger partial charge is 0.481 e. The summed E-state index contributed by atoms with van der Waals surface area (Å²) < 4.78 is 24.7. The summed E-state index contributed by atoms with van der Waals surface area (Å²) >= 11 is 1.04. The van der Waals surface area contributed by atoms with Crippen LogP contribution < -0.4 is 0 Å². The fraction of sp³-hybridized carbons (Fsp3) is 0.700. The van der Waals surface area contributed by atoms with Gasteiger partial charge in [-0.2, -0.15) is 0 Å². The lowest BCUT2D eigenvalue weighted by atomic mass is 10.4. The molecule has 0 aliphatic heterocycles. The second kappa shape index (κ2) is 6.90. The van der Waals surface area contributed by atoms with Crippen molar-refractivity contribution in [2.75, 3.05) is 17.3 Å². The molecule has 0 radical (unpaired) electrons. The minimum absolute atomic E-state index is 0.00910. The number of nitrogens with zero attached hydrogens (tertiary/aromatic N) is 3. The number of aliphatic carboxylic acids is 1. The summed E-state index contributed by atoms with van der Waals surface area (Å²) in [6.45, 7) is 3.75. The molecule has 0 atom stereocenters. The van der Waals surface area contributed by atoms with Gasteiger partial charge in [-0.05, 0) is 0 Å². The number of carboxylic acid groups (broad SMARTS) is 1. The summed E-state index contributed by atoms with van der Waals surface area (Å²) in [7, 11) is -3.07. The Morgan fingerprint density at radius 1 is 1.37 bits per heavy atom. The topological polar surface area (TPSA) is 102 Å². The highest BCUT2D eigenvalue weighted by Gasteiger charge is 2.15. The number of aromatic nitrogens is 3. The normalized spacial score (nSPS) is 11.7. The summed E-state index contributed by atoms with van der Waals surface area (Å²) in [5.41, 5.74) is 0. The first-order valence-corrected chi connectivity index (χ1v) is 8.67. The molecule has 0 aliphatic carbocycles. The van der Waals surface area contributed by atoms with Crippen LogP contribution in [0.5, 0.6) is 0 Å². The van der Waals surface area contributed by atoms with E-state index in [-0.39, 0.29) is 23.8 Å². The van der Waals surface area contributed by atoms with Gasteiger partial charge in [-0.15, -0.1) is 10.2 Å². The van der Waals surface area contributed by atoms with E-state index in [2.05, 4.69) is 10.2 Å². The monoisotopic (exact) mass is 307 g/mol. The van der Waals surface area contributed by atoms with Gasteiger partial charge in [0.1, 0.15) is 5.82 Å². The lowest BCUT2D eigenvalue weighted by Gasteiger charge is -2.08. The van der Waals surface area contributed by atoms with Gasteiger partial charge < -0.3 is 9.67 Å². The van der Waals surface area contributed by atoms with Gasteiger partial charge in [0.2, 0.25) is 0 Å². The molecule has 0 aliphatic rings. The van der Waals surface area contributed by atoms with E-state index in [1.807, 2.05) is 6.92 Å². The Labute approximate surface area is 116 Å². The number of carbonyl (C=O) groups is 1. The minimum Gasteiger partial charge on any atom is -0.481 e. The number of thioether (sulfide) groups is 1. The van der Waals surface area contributed by atoms with E-state index < -0.39 is 15.8 Å². The zero-order valence-electron chi connectivity index (χ0n) is 10.9. The quantitative estimate of drug-likeness (QED) is 0.696. The summed E-state index contributed by atoms with van der Waals surface area (Å²) in [6.07, 6.45) is 0.618. The third kappa shape index (κ3) is 4.83. The van der Waals surface area contributed by atoms with Crippen LogP contribution in [0.1, 0.15) is 19.7 Å². The van der Waals surface area contributed by atoms with E-state index in [0.717, 1.165) is 11.8 Å². The van der Waals surface area contributed by atoms with E-state index in [9.17, 15) is 13.2 Å². The first-order valence-electron chi connectivity index (χ1n) is 5.86. The van der Waals surface area contributed by atoms with Crippen LogP contribution in [0.25, 0.3) is 0 Å². The predicted molar refractivity (Wildman–Crippen MR) is 72.1 cm³/mol. The number of carboxylic acids is 1. The van der Waals surface area contributed by atoms with Crippen LogP contribution >= 0.6 is 11.8 Å².